The number of carbonyl (C=O) groups excluding carboxylic acids is 1. The molecule has 0 saturated heterocycles. The van der Waals surface area contributed by atoms with E-state index in [4.69, 9.17) is 4.74 Å². The van der Waals surface area contributed by atoms with Crippen LogP contribution < -0.4 is 0 Å². The van der Waals surface area contributed by atoms with Crippen LogP contribution >= 0.6 is 0 Å². The molecule has 0 amide bonds. The first kappa shape index (κ1) is 28.5. The molecule has 45 heavy (non-hydrogen) atoms. The topological polar surface area (TPSA) is 26.3 Å². The van der Waals surface area contributed by atoms with E-state index in [1.165, 1.54) is 29.2 Å². The minimum absolute atomic E-state index is 0.371. The largest absolute Gasteiger partial charge is 0.437 e. The Labute approximate surface area is 266 Å². The third-order valence-electron chi connectivity index (χ3n) is 9.36. The Morgan fingerprint density at radius 1 is 0.600 bits per heavy atom. The molecule has 0 heterocycles. The van der Waals surface area contributed by atoms with E-state index in [2.05, 4.69) is 117 Å². The van der Waals surface area contributed by atoms with Crippen molar-refractivity contribution in [2.75, 3.05) is 0 Å². The first-order chi connectivity index (χ1) is 21.8. The number of fused-ring (bicyclic) bond motifs is 4. The monoisotopic (exact) mass is 582 g/mol. The average molecular weight is 583 g/mol. The number of hydrogen-bond acceptors (Lipinski definition) is 2. The van der Waals surface area contributed by atoms with Gasteiger partial charge in [0.1, 0.15) is 0 Å². The van der Waals surface area contributed by atoms with Gasteiger partial charge in [0, 0.05) is 29.2 Å². The van der Waals surface area contributed by atoms with Crippen LogP contribution in [0.15, 0.2) is 109 Å². The number of benzene rings is 5. The highest BCUT2D eigenvalue weighted by Crippen LogP contribution is 2.43. The molecule has 5 aromatic rings. The van der Waals surface area contributed by atoms with Crippen molar-refractivity contribution in [3.8, 4) is 23.7 Å². The first-order valence-electron chi connectivity index (χ1n) is 15.5. The van der Waals surface area contributed by atoms with Gasteiger partial charge in [-0.15, -0.1) is 0 Å². The van der Waals surface area contributed by atoms with Gasteiger partial charge in [-0.25, -0.2) is 0 Å². The molecule has 0 fully saturated rings. The van der Waals surface area contributed by atoms with Crippen molar-refractivity contribution < 1.29 is 9.53 Å². The zero-order valence-electron chi connectivity index (χ0n) is 26.1. The lowest BCUT2D eigenvalue weighted by Gasteiger charge is -2.36. The molecule has 0 unspecified atom stereocenters. The van der Waals surface area contributed by atoms with Gasteiger partial charge in [0.05, 0.1) is 5.41 Å². The molecule has 2 heteroatoms. The quantitative estimate of drug-likeness (QED) is 0.147. The van der Waals surface area contributed by atoms with Gasteiger partial charge in [0.15, 0.2) is 0 Å². The number of carbonyl (C=O) groups is 1. The fourth-order valence-corrected chi connectivity index (χ4v) is 7.15. The summed E-state index contributed by atoms with van der Waals surface area (Å²) in [5.41, 5.74) is 11.6. The molecule has 218 valence electrons. The maximum absolute atomic E-state index is 12.6. The van der Waals surface area contributed by atoms with Crippen LogP contribution in [-0.2, 0) is 33.4 Å². The van der Waals surface area contributed by atoms with Crippen LogP contribution in [0.2, 0.25) is 0 Å². The number of aryl methyl sites for hydroxylation is 2. The van der Waals surface area contributed by atoms with Gasteiger partial charge in [-0.05, 0) is 90.1 Å². The van der Waals surface area contributed by atoms with Gasteiger partial charge in [0.25, 0.3) is 0 Å². The van der Waals surface area contributed by atoms with Crippen molar-refractivity contribution in [3.63, 3.8) is 0 Å². The van der Waals surface area contributed by atoms with E-state index in [9.17, 15) is 4.79 Å². The fourth-order valence-electron chi connectivity index (χ4n) is 7.15. The Morgan fingerprint density at radius 2 is 1.00 bits per heavy atom. The number of esters is 1. The summed E-state index contributed by atoms with van der Waals surface area (Å²) in [5, 5.41) is 0. The van der Waals surface area contributed by atoms with Crippen molar-refractivity contribution in [2.24, 2.45) is 0 Å². The Bertz CT molecular complexity index is 2030. The summed E-state index contributed by atoms with van der Waals surface area (Å²) in [6, 6.07) is 37.8. The zero-order valence-corrected chi connectivity index (χ0v) is 26.1. The Morgan fingerprint density at radius 3 is 1.47 bits per heavy atom. The molecule has 0 aromatic heterocycles. The summed E-state index contributed by atoms with van der Waals surface area (Å²) in [5.74, 6) is 13.9. The molecule has 0 bridgehead atoms. The molecular formula is C43H34O2. The van der Waals surface area contributed by atoms with E-state index >= 15 is 0 Å². The van der Waals surface area contributed by atoms with E-state index < -0.39 is 11.0 Å². The second kappa shape index (κ2) is 11.0. The lowest BCUT2D eigenvalue weighted by molar-refractivity contribution is -0.149. The van der Waals surface area contributed by atoms with Crippen LogP contribution in [0.4, 0.5) is 0 Å². The summed E-state index contributed by atoms with van der Waals surface area (Å²) in [4.78, 5) is 12.6. The van der Waals surface area contributed by atoms with Crippen LogP contribution in [0.1, 0.15) is 80.6 Å². The van der Waals surface area contributed by atoms with Gasteiger partial charge in [-0.2, -0.15) is 0 Å². The molecular weight excluding hydrogens is 548 g/mol. The van der Waals surface area contributed by atoms with Crippen molar-refractivity contribution in [3.05, 3.63) is 176 Å². The van der Waals surface area contributed by atoms with Gasteiger partial charge in [0.2, 0.25) is 5.60 Å². The standard InChI is InChI=1S/C43H34O2/c1-29-25-30(2)33(22-24-43(45-31(3)44)40-19-11-7-15-36(40)28-37-16-8-12-20-41(37)43)26-32(29)21-23-42(4)38-17-9-5-13-34(38)27-35-14-6-10-18-39(35)42/h5-20,25-26H,27-28H2,1-4H3. The molecule has 7 rings (SSSR count). The summed E-state index contributed by atoms with van der Waals surface area (Å²) < 4.78 is 6.21. The minimum Gasteiger partial charge on any atom is -0.437 e. The highest BCUT2D eigenvalue weighted by Gasteiger charge is 2.42. The summed E-state index contributed by atoms with van der Waals surface area (Å²) in [6.45, 7) is 7.87. The molecule has 2 nitrogen and oxygen atoms in total. The number of ether oxygens (including phenoxy) is 1. The van der Waals surface area contributed by atoms with Crippen LogP contribution in [0, 0.1) is 37.5 Å². The van der Waals surface area contributed by atoms with E-state index in [0.29, 0.717) is 0 Å². The van der Waals surface area contributed by atoms with Crippen molar-refractivity contribution >= 4 is 5.97 Å². The van der Waals surface area contributed by atoms with Crippen molar-refractivity contribution in [2.45, 2.75) is 51.6 Å². The van der Waals surface area contributed by atoms with Crippen LogP contribution in [0.5, 0.6) is 0 Å². The van der Waals surface area contributed by atoms with E-state index in [0.717, 1.165) is 57.3 Å². The molecule has 0 saturated carbocycles. The molecule has 0 radical (unpaired) electrons. The second-order valence-electron chi connectivity index (χ2n) is 12.4. The van der Waals surface area contributed by atoms with Crippen molar-refractivity contribution in [1.82, 2.24) is 0 Å². The molecule has 0 aliphatic heterocycles. The Kier molecular flexibility index (Phi) is 6.96. The molecule has 5 aromatic carbocycles. The zero-order chi connectivity index (χ0) is 31.2. The lowest BCUT2D eigenvalue weighted by Crippen LogP contribution is -2.36. The maximum atomic E-state index is 12.6. The van der Waals surface area contributed by atoms with Crippen LogP contribution in [0.3, 0.4) is 0 Å². The fraction of sp³-hybridized carbons (Fsp3) is 0.186. The SMILES string of the molecule is CC(=O)OC1(C#Cc2cc(C#CC3(C)c4ccccc4Cc4ccccc43)c(C)cc2C)c2ccccc2Cc2ccccc21. The van der Waals surface area contributed by atoms with E-state index in [1.807, 2.05) is 36.4 Å². The Balaban J connectivity index is 1.37. The van der Waals surface area contributed by atoms with Crippen molar-refractivity contribution in [1.29, 1.82) is 0 Å². The molecule has 0 spiro atoms. The van der Waals surface area contributed by atoms with Gasteiger partial charge in [-0.3, -0.25) is 4.79 Å². The summed E-state index contributed by atoms with van der Waals surface area (Å²) in [6.07, 6.45) is 1.69. The minimum atomic E-state index is -1.20. The van der Waals surface area contributed by atoms with E-state index in [-0.39, 0.29) is 5.97 Å². The number of hydrogen-bond donors (Lipinski definition) is 0. The molecule has 2 aliphatic carbocycles. The molecule has 0 atom stereocenters. The predicted molar refractivity (Wildman–Crippen MR) is 180 cm³/mol. The third kappa shape index (κ3) is 4.84. The van der Waals surface area contributed by atoms with Crippen LogP contribution in [-0.4, -0.2) is 5.97 Å². The second-order valence-corrected chi connectivity index (χ2v) is 12.4. The van der Waals surface area contributed by atoms with Gasteiger partial charge in [-0.1, -0.05) is 121 Å². The highest BCUT2D eigenvalue weighted by molar-refractivity contribution is 5.71. The highest BCUT2D eigenvalue weighted by atomic mass is 16.6. The summed E-state index contributed by atoms with van der Waals surface area (Å²) >= 11 is 0. The van der Waals surface area contributed by atoms with E-state index in [1.54, 1.807) is 0 Å². The average Bonchev–Trinajstić information content (AvgIpc) is 3.04. The van der Waals surface area contributed by atoms with Gasteiger partial charge < -0.3 is 4.74 Å². The normalized spacial score (nSPS) is 14.6. The van der Waals surface area contributed by atoms with Gasteiger partial charge >= 0.3 is 5.97 Å². The lowest BCUT2D eigenvalue weighted by atomic mass is 9.68. The Hall–Kier alpha value is -5.31. The molecule has 2 aliphatic rings. The first-order valence-corrected chi connectivity index (χ1v) is 15.5. The van der Waals surface area contributed by atoms with Crippen LogP contribution in [0.25, 0.3) is 0 Å². The maximum Gasteiger partial charge on any atom is 0.304 e. The third-order valence-corrected chi connectivity index (χ3v) is 9.36. The molecule has 0 N–H and O–H groups in total. The summed E-state index contributed by atoms with van der Waals surface area (Å²) in [7, 11) is 0. The number of rotatable bonds is 1. The smallest absolute Gasteiger partial charge is 0.304 e. The predicted octanol–water partition coefficient (Wildman–Crippen LogP) is 8.33.